The zero-order valence-corrected chi connectivity index (χ0v) is 40.1. The summed E-state index contributed by atoms with van der Waals surface area (Å²) in [5, 5.41) is 28.4. The summed E-state index contributed by atoms with van der Waals surface area (Å²) in [6.45, 7) is 3.15. The Balaban J connectivity index is 1.45. The van der Waals surface area contributed by atoms with Crippen LogP contribution in [-0.2, 0) is 68.0 Å². The lowest BCUT2D eigenvalue weighted by atomic mass is 10.0. The number of carbonyl (C=O) groups is 8. The van der Waals surface area contributed by atoms with Gasteiger partial charge < -0.3 is 46.2 Å². The van der Waals surface area contributed by atoms with Crippen LogP contribution in [0.1, 0.15) is 81.9 Å². The third-order valence-corrected chi connectivity index (χ3v) is 11.5. The Morgan fingerprint density at radius 2 is 1.23 bits per heavy atom. The summed E-state index contributed by atoms with van der Waals surface area (Å²) in [5.41, 5.74) is 2.82. The predicted molar refractivity (Wildman–Crippen MR) is 257 cm³/mol. The number of aromatic nitrogens is 1. The second-order valence-corrected chi connectivity index (χ2v) is 17.6. The number of H-pyrrole nitrogens is 1. The van der Waals surface area contributed by atoms with Crippen molar-refractivity contribution in [2.45, 2.75) is 115 Å². The molecule has 7 amide bonds. The molecule has 378 valence electrons. The van der Waals surface area contributed by atoms with Crippen molar-refractivity contribution in [1.29, 1.82) is 0 Å². The van der Waals surface area contributed by atoms with E-state index in [1.54, 1.807) is 36.5 Å². The molecule has 1 heterocycles. The van der Waals surface area contributed by atoms with Crippen LogP contribution in [0, 0.1) is 0 Å². The Morgan fingerprint density at radius 1 is 0.643 bits per heavy atom. The van der Waals surface area contributed by atoms with Crippen molar-refractivity contribution < 1.29 is 60.6 Å². The van der Waals surface area contributed by atoms with E-state index >= 15 is 0 Å². The molecule has 10 N–H and O–H groups in total. The molecule has 3 aromatic carbocycles. The number of carboxylic acid groups (broad SMARTS) is 1. The first-order valence-electron chi connectivity index (χ1n) is 22.9. The van der Waals surface area contributed by atoms with Crippen LogP contribution < -0.4 is 41.4 Å². The monoisotopic (exact) mass is 990 g/mol. The summed E-state index contributed by atoms with van der Waals surface area (Å²) in [7, 11) is -3.18. The quantitative estimate of drug-likeness (QED) is 0.0348. The topological polar surface area (TPSA) is 320 Å². The number of nitrogens with one attached hydrogen (secondary N) is 8. The number of aliphatic carboxylic acids is 1. The van der Waals surface area contributed by atoms with Crippen molar-refractivity contribution in [2.75, 3.05) is 13.6 Å². The summed E-state index contributed by atoms with van der Waals surface area (Å²) in [6.07, 6.45) is 3.65. The summed E-state index contributed by atoms with van der Waals surface area (Å²) < 4.78 is 35.2. The zero-order chi connectivity index (χ0) is 51.2. The molecule has 0 saturated carbocycles. The maximum Gasteiger partial charge on any atom is 0.446 e. The average Bonchev–Trinajstić information content (AvgIpc) is 3.73. The molecule has 0 fully saturated rings. The lowest BCUT2D eigenvalue weighted by Gasteiger charge is -2.25. The fraction of sp³-hybridized carbons (Fsp3) is 0.417. The van der Waals surface area contributed by atoms with Gasteiger partial charge in [0, 0.05) is 29.9 Å². The van der Waals surface area contributed by atoms with Crippen molar-refractivity contribution in [3.63, 3.8) is 0 Å². The van der Waals surface area contributed by atoms with Crippen LogP contribution >= 0.6 is 0 Å². The molecule has 0 aliphatic heterocycles. The molecular weight excluding hydrogens is 929 g/mol. The maximum atomic E-state index is 14.2. The first-order chi connectivity index (χ1) is 33.4. The van der Waals surface area contributed by atoms with Gasteiger partial charge in [0.25, 0.3) is 0 Å². The van der Waals surface area contributed by atoms with Gasteiger partial charge in [0.1, 0.15) is 29.9 Å². The molecule has 1 aromatic heterocycles. The van der Waals surface area contributed by atoms with Crippen molar-refractivity contribution in [1.82, 2.24) is 42.2 Å². The number of hydrogen-bond donors (Lipinski definition) is 10. The van der Waals surface area contributed by atoms with Crippen molar-refractivity contribution in [3.05, 3.63) is 102 Å². The lowest BCUT2D eigenvalue weighted by molar-refractivity contribution is -0.142. The van der Waals surface area contributed by atoms with Crippen LogP contribution in [0.3, 0.4) is 0 Å². The van der Waals surface area contributed by atoms with Gasteiger partial charge in [0.05, 0.1) is 19.0 Å². The van der Waals surface area contributed by atoms with E-state index in [1.165, 1.54) is 31.3 Å². The number of imide groups is 1. The van der Waals surface area contributed by atoms with E-state index in [0.717, 1.165) is 16.5 Å². The van der Waals surface area contributed by atoms with Crippen molar-refractivity contribution in [2.24, 2.45) is 0 Å². The Morgan fingerprint density at radius 3 is 1.86 bits per heavy atom. The summed E-state index contributed by atoms with van der Waals surface area (Å²) >= 11 is 0. The highest BCUT2D eigenvalue weighted by atomic mass is 32.3. The smallest absolute Gasteiger partial charge is 0.446 e. The van der Waals surface area contributed by atoms with Crippen LogP contribution in [0.5, 0.6) is 5.75 Å². The Hall–Kier alpha value is -7.17. The molecule has 5 atom stereocenters. The second-order valence-electron chi connectivity index (χ2n) is 16.6. The van der Waals surface area contributed by atoms with E-state index < -0.39 is 101 Å². The Bertz CT molecular complexity index is 2540. The minimum Gasteiger partial charge on any atom is -0.481 e. The number of aromatic amines is 1. The normalized spacial score (nSPS) is 13.4. The van der Waals surface area contributed by atoms with E-state index in [4.69, 9.17) is 4.55 Å². The van der Waals surface area contributed by atoms with Crippen molar-refractivity contribution >= 4 is 68.6 Å². The minimum absolute atomic E-state index is 0.0455. The molecule has 21 nitrogen and oxygen atoms in total. The van der Waals surface area contributed by atoms with E-state index in [1.807, 2.05) is 38.1 Å². The van der Waals surface area contributed by atoms with Gasteiger partial charge in [-0.25, -0.2) is 0 Å². The minimum atomic E-state index is -4.71. The molecule has 0 aliphatic carbocycles. The molecule has 5 unspecified atom stereocenters. The molecule has 70 heavy (non-hydrogen) atoms. The third kappa shape index (κ3) is 18.7. The number of para-hydroxylation sites is 1. The average molecular weight is 991 g/mol. The molecule has 22 heteroatoms. The Kier molecular flexibility index (Phi) is 22.0. The number of carbonyl (C=O) groups excluding carboxylic acids is 7. The van der Waals surface area contributed by atoms with E-state index in [0.29, 0.717) is 36.8 Å². The number of fused-ring (bicyclic) bond motifs is 1. The molecule has 0 spiro atoms. The first-order valence-corrected chi connectivity index (χ1v) is 24.3. The van der Waals surface area contributed by atoms with Gasteiger partial charge in [-0.1, -0.05) is 100 Å². The number of amides is 7. The highest BCUT2D eigenvalue weighted by Crippen LogP contribution is 2.20. The SMILES string of the molecule is CCCCC(NC(=O)CCc1ccc(OS(=O)(=O)O)cc1)C(=O)NCC(=O)NC(Cc1c[nH]c2ccccc12)C(=O)NC(CCCC)C(=O)NC(CC(=O)O)C(=O)NC(=O)C(Cc1ccccc1)NC. The van der Waals surface area contributed by atoms with E-state index in [9.17, 15) is 51.9 Å². The predicted octanol–water partition coefficient (Wildman–Crippen LogP) is 1.91. The zero-order valence-electron chi connectivity index (χ0n) is 39.2. The van der Waals surface area contributed by atoms with Crippen LogP contribution in [0.15, 0.2) is 85.1 Å². The van der Waals surface area contributed by atoms with Crippen LogP contribution in [-0.4, -0.2) is 114 Å². The standard InChI is InChI=1S/C48H62N8O13S/c1-4-6-16-36(52-41(57)24-21-30-19-22-33(23-20-30)69-70(66,67)68)44(61)51-29-42(58)53-39(26-32-28-50-35-18-12-11-15-34(32)35)47(64)54-37(17-7-5-2)45(62)55-40(27-43(59)60)48(65)56-46(63)38(49-3)25-31-13-9-8-10-14-31/h8-15,18-20,22-23,28,36-40,49-50H,4-7,16-17,21,24-27,29H2,1-3H3,(H,51,61)(H,52,57)(H,53,58)(H,54,64)(H,55,62)(H,59,60)(H,56,63,65)(H,66,67,68). The number of rotatable bonds is 29. The van der Waals surface area contributed by atoms with Crippen LogP contribution in [0.2, 0.25) is 0 Å². The van der Waals surface area contributed by atoms with Gasteiger partial charge >= 0.3 is 16.4 Å². The maximum absolute atomic E-state index is 14.2. The Labute approximate surface area is 406 Å². The van der Waals surface area contributed by atoms with Crippen LogP contribution in [0.4, 0.5) is 0 Å². The molecule has 0 radical (unpaired) electrons. The van der Waals surface area contributed by atoms with Crippen LogP contribution in [0.25, 0.3) is 10.9 Å². The lowest BCUT2D eigenvalue weighted by Crippen LogP contribution is -2.59. The number of carboxylic acids is 1. The highest BCUT2D eigenvalue weighted by Gasteiger charge is 2.33. The first kappa shape index (κ1) is 55.4. The molecule has 4 rings (SSSR count). The van der Waals surface area contributed by atoms with E-state index in [2.05, 4.69) is 46.4 Å². The fourth-order valence-corrected chi connectivity index (χ4v) is 7.73. The molecule has 0 bridgehead atoms. The van der Waals surface area contributed by atoms with Gasteiger partial charge in [0.2, 0.25) is 41.4 Å². The number of benzene rings is 3. The van der Waals surface area contributed by atoms with Gasteiger partial charge in [0.15, 0.2) is 0 Å². The largest absolute Gasteiger partial charge is 0.481 e. The highest BCUT2D eigenvalue weighted by molar-refractivity contribution is 7.81. The number of unbranched alkanes of at least 4 members (excludes halogenated alkanes) is 2. The summed E-state index contributed by atoms with van der Waals surface area (Å²) in [5.74, 6) is -7.00. The van der Waals surface area contributed by atoms with E-state index in [-0.39, 0.29) is 44.3 Å². The van der Waals surface area contributed by atoms with Crippen molar-refractivity contribution in [3.8, 4) is 5.75 Å². The second kappa shape index (κ2) is 27.7. The van der Waals surface area contributed by atoms with Gasteiger partial charge in [-0.2, -0.15) is 8.42 Å². The summed E-state index contributed by atoms with van der Waals surface area (Å²) in [6, 6.07) is 15.6. The number of hydrogen-bond acceptors (Lipinski definition) is 12. The molecule has 0 aliphatic rings. The number of aryl methyl sites for hydroxylation is 1. The van der Waals surface area contributed by atoms with Gasteiger partial charge in [-0.3, -0.25) is 48.2 Å². The summed E-state index contributed by atoms with van der Waals surface area (Å²) in [4.78, 5) is 110. The molecule has 4 aromatic rings. The van der Waals surface area contributed by atoms with Gasteiger partial charge in [-0.05, 0) is 67.6 Å². The van der Waals surface area contributed by atoms with Gasteiger partial charge in [-0.15, -0.1) is 0 Å². The molecular formula is C48H62N8O13S. The fourth-order valence-electron chi connectivity index (χ4n) is 7.38. The third-order valence-electron chi connectivity index (χ3n) is 11.1. The number of likely N-dealkylation sites (N-methyl/N-ethyl adjacent to an activating group) is 1. The molecule has 0 saturated heterocycles.